The average Bonchev–Trinajstić information content (AvgIpc) is 2.65. The Kier molecular flexibility index (Phi) is 6.19. The van der Waals surface area contributed by atoms with Gasteiger partial charge in [-0.25, -0.2) is 13.1 Å². The molecule has 6 nitrogen and oxygen atoms in total. The fraction of sp³-hybridized carbons (Fsp3) is 1.00. The molecule has 114 valence electrons. The molecule has 7 heteroatoms. The molecule has 0 amide bonds. The molecule has 0 aromatic rings. The van der Waals surface area contributed by atoms with Gasteiger partial charge in [-0.2, -0.15) is 0 Å². The summed E-state index contributed by atoms with van der Waals surface area (Å²) in [5.41, 5.74) is -0.555. The number of aliphatic hydroxyl groups is 1. The van der Waals surface area contributed by atoms with Crippen LogP contribution in [0.3, 0.4) is 0 Å². The molecule has 1 aliphatic heterocycles. The fourth-order valence-electron chi connectivity index (χ4n) is 2.42. The largest absolute Gasteiger partial charge is 0.390 e. The molecule has 1 rings (SSSR count). The molecule has 0 saturated carbocycles. The maximum atomic E-state index is 11.2. The molecule has 1 heterocycles. The number of aliphatic hydroxyl groups excluding tert-OH is 1. The molecule has 1 atom stereocenters. The highest BCUT2D eigenvalue weighted by Crippen LogP contribution is 2.07. The smallest absolute Gasteiger partial charge is 0.209 e. The Balaban J connectivity index is 2.21. The van der Waals surface area contributed by atoms with E-state index in [0.717, 1.165) is 19.3 Å². The first kappa shape index (κ1) is 16.8. The average molecular weight is 293 g/mol. The summed E-state index contributed by atoms with van der Waals surface area (Å²) in [4.78, 5) is 2.26. The van der Waals surface area contributed by atoms with E-state index in [4.69, 9.17) is 0 Å². The Morgan fingerprint density at radius 3 is 2.42 bits per heavy atom. The van der Waals surface area contributed by atoms with Gasteiger partial charge in [-0.1, -0.05) is 0 Å². The van der Waals surface area contributed by atoms with Gasteiger partial charge in [0.25, 0.3) is 0 Å². The third-order valence-electron chi connectivity index (χ3n) is 3.08. The predicted octanol–water partition coefficient (Wildman–Crippen LogP) is -0.639. The van der Waals surface area contributed by atoms with E-state index in [9.17, 15) is 13.5 Å². The predicted molar refractivity (Wildman–Crippen MR) is 76.6 cm³/mol. The van der Waals surface area contributed by atoms with Crippen molar-refractivity contribution in [3.63, 3.8) is 0 Å². The summed E-state index contributed by atoms with van der Waals surface area (Å²) < 4.78 is 24.9. The zero-order valence-corrected chi connectivity index (χ0v) is 13.0. The summed E-state index contributed by atoms with van der Waals surface area (Å²) in [6.45, 7) is 7.41. The van der Waals surface area contributed by atoms with E-state index in [1.54, 1.807) is 0 Å². The lowest BCUT2D eigenvalue weighted by Crippen LogP contribution is -2.51. The van der Waals surface area contributed by atoms with Crippen LogP contribution >= 0.6 is 0 Å². The van der Waals surface area contributed by atoms with E-state index < -0.39 is 21.7 Å². The summed E-state index contributed by atoms with van der Waals surface area (Å²) in [5, 5.41) is 13.0. The van der Waals surface area contributed by atoms with Crippen molar-refractivity contribution in [3.05, 3.63) is 0 Å². The van der Waals surface area contributed by atoms with Gasteiger partial charge < -0.3 is 15.3 Å². The lowest BCUT2D eigenvalue weighted by Gasteiger charge is -2.26. The summed E-state index contributed by atoms with van der Waals surface area (Å²) in [5.74, 6) is 0. The van der Waals surface area contributed by atoms with Crippen LogP contribution in [-0.4, -0.2) is 69.0 Å². The second-order valence-electron chi connectivity index (χ2n) is 6.05. The monoisotopic (exact) mass is 293 g/mol. The van der Waals surface area contributed by atoms with Crippen molar-refractivity contribution in [2.24, 2.45) is 0 Å². The quantitative estimate of drug-likeness (QED) is 0.555. The third kappa shape index (κ3) is 7.84. The van der Waals surface area contributed by atoms with Crippen LogP contribution in [0.15, 0.2) is 0 Å². The number of likely N-dealkylation sites (tertiary alicyclic amines) is 1. The molecule has 0 aromatic carbocycles. The van der Waals surface area contributed by atoms with Crippen molar-refractivity contribution in [1.29, 1.82) is 0 Å². The van der Waals surface area contributed by atoms with Gasteiger partial charge in [-0.3, -0.25) is 0 Å². The molecule has 0 aliphatic carbocycles. The van der Waals surface area contributed by atoms with Gasteiger partial charge in [-0.15, -0.1) is 0 Å². The lowest BCUT2D eigenvalue weighted by molar-refractivity contribution is 0.122. The molecule has 0 aromatic heterocycles. The van der Waals surface area contributed by atoms with Gasteiger partial charge in [0.1, 0.15) is 0 Å². The van der Waals surface area contributed by atoms with Crippen LogP contribution < -0.4 is 10.0 Å². The van der Waals surface area contributed by atoms with Crippen LogP contribution in [0.25, 0.3) is 0 Å². The van der Waals surface area contributed by atoms with E-state index in [0.29, 0.717) is 19.6 Å². The van der Waals surface area contributed by atoms with Gasteiger partial charge in [0.15, 0.2) is 0 Å². The molecule has 0 radical (unpaired) electrons. The number of β-amino-alcohol motifs (C(OH)–C–C–N with tert-alkyl or cyclic N) is 1. The molecule has 0 bridgehead atoms. The zero-order valence-electron chi connectivity index (χ0n) is 12.1. The van der Waals surface area contributed by atoms with Crippen molar-refractivity contribution >= 4 is 10.0 Å². The molecule has 1 unspecified atom stereocenters. The molecular weight excluding hydrogens is 266 g/mol. The van der Waals surface area contributed by atoms with E-state index >= 15 is 0 Å². The van der Waals surface area contributed by atoms with E-state index in [1.165, 1.54) is 12.8 Å². The van der Waals surface area contributed by atoms with Crippen molar-refractivity contribution in [2.45, 2.75) is 38.3 Å². The first-order valence-corrected chi connectivity index (χ1v) is 8.67. The Morgan fingerprint density at radius 1 is 1.32 bits per heavy atom. The Labute approximate surface area is 116 Å². The normalized spacial score (nSPS) is 19.8. The van der Waals surface area contributed by atoms with E-state index in [2.05, 4.69) is 14.9 Å². The highest BCUT2D eigenvalue weighted by molar-refractivity contribution is 7.88. The standard InChI is InChI=1S/C12H27N3O3S/c1-12(2,14-19(3,17)18)10-13-8-11(16)9-15-6-4-5-7-15/h11,13-14,16H,4-10H2,1-3H3. The van der Waals surface area contributed by atoms with Gasteiger partial charge in [0.2, 0.25) is 10.0 Å². The van der Waals surface area contributed by atoms with Gasteiger partial charge in [0, 0.05) is 25.2 Å². The molecule has 0 spiro atoms. The first-order valence-electron chi connectivity index (χ1n) is 6.78. The highest BCUT2D eigenvalue weighted by Gasteiger charge is 2.22. The minimum Gasteiger partial charge on any atom is -0.390 e. The first-order chi connectivity index (χ1) is 8.68. The van der Waals surface area contributed by atoms with Crippen LogP contribution in [-0.2, 0) is 10.0 Å². The van der Waals surface area contributed by atoms with Crippen LogP contribution in [0.4, 0.5) is 0 Å². The summed E-state index contributed by atoms with van der Waals surface area (Å²) in [6.07, 6.45) is 3.17. The molecular formula is C12H27N3O3S. The number of rotatable bonds is 8. The van der Waals surface area contributed by atoms with Gasteiger partial charge >= 0.3 is 0 Å². The fourth-order valence-corrected chi connectivity index (χ4v) is 3.49. The number of nitrogens with one attached hydrogen (secondary N) is 2. The summed E-state index contributed by atoms with van der Waals surface area (Å²) in [7, 11) is -3.21. The molecule has 3 N–H and O–H groups in total. The molecule has 1 aliphatic rings. The van der Waals surface area contributed by atoms with E-state index in [1.807, 2.05) is 13.8 Å². The van der Waals surface area contributed by atoms with Gasteiger partial charge in [0.05, 0.1) is 12.4 Å². The third-order valence-corrected chi connectivity index (χ3v) is 4.00. The Morgan fingerprint density at radius 2 is 1.89 bits per heavy atom. The van der Waals surface area contributed by atoms with Crippen LogP contribution in [0.5, 0.6) is 0 Å². The number of hydrogen-bond acceptors (Lipinski definition) is 5. The zero-order chi connectivity index (χ0) is 14.5. The Hall–Kier alpha value is -0.210. The van der Waals surface area contributed by atoms with Crippen molar-refractivity contribution < 1.29 is 13.5 Å². The van der Waals surface area contributed by atoms with Crippen molar-refractivity contribution in [1.82, 2.24) is 14.9 Å². The lowest BCUT2D eigenvalue weighted by atomic mass is 10.1. The summed E-state index contributed by atoms with van der Waals surface area (Å²) >= 11 is 0. The number of nitrogens with zero attached hydrogens (tertiary/aromatic N) is 1. The highest BCUT2D eigenvalue weighted by atomic mass is 32.2. The SMILES string of the molecule is CC(C)(CNCC(O)CN1CCCC1)NS(C)(=O)=O. The van der Waals surface area contributed by atoms with E-state index in [-0.39, 0.29) is 0 Å². The maximum Gasteiger partial charge on any atom is 0.209 e. The second-order valence-corrected chi connectivity index (χ2v) is 7.80. The topological polar surface area (TPSA) is 81.7 Å². The van der Waals surface area contributed by atoms with Crippen molar-refractivity contribution in [2.75, 3.05) is 39.0 Å². The van der Waals surface area contributed by atoms with Crippen LogP contribution in [0, 0.1) is 0 Å². The Bertz CT molecular complexity index is 364. The second kappa shape index (κ2) is 6.99. The number of sulfonamides is 1. The molecule has 19 heavy (non-hydrogen) atoms. The minimum atomic E-state index is -3.21. The molecule has 1 saturated heterocycles. The molecule has 1 fully saturated rings. The van der Waals surface area contributed by atoms with Gasteiger partial charge in [-0.05, 0) is 39.8 Å². The number of hydrogen-bond donors (Lipinski definition) is 3. The van der Waals surface area contributed by atoms with Crippen LogP contribution in [0.2, 0.25) is 0 Å². The van der Waals surface area contributed by atoms with Crippen LogP contribution in [0.1, 0.15) is 26.7 Å². The van der Waals surface area contributed by atoms with Crippen molar-refractivity contribution in [3.8, 4) is 0 Å². The summed E-state index contributed by atoms with van der Waals surface area (Å²) in [6, 6.07) is 0. The minimum absolute atomic E-state index is 0.410. The maximum absolute atomic E-state index is 11.2.